The number of hydrogen-bond acceptors (Lipinski definition) is 5. The van der Waals surface area contributed by atoms with Crippen molar-refractivity contribution in [2.24, 2.45) is 18.5 Å². The minimum Gasteiger partial charge on any atom is -0.352 e. The van der Waals surface area contributed by atoms with Gasteiger partial charge in [0.05, 0.1) is 28.5 Å². The molecule has 2 aromatic heterocycles. The van der Waals surface area contributed by atoms with Gasteiger partial charge in [-0.1, -0.05) is 6.07 Å². The van der Waals surface area contributed by atoms with Crippen LogP contribution in [0.3, 0.4) is 0 Å². The van der Waals surface area contributed by atoms with E-state index in [1.165, 1.54) is 0 Å². The van der Waals surface area contributed by atoms with Gasteiger partial charge in [-0.3, -0.25) is 4.79 Å². The van der Waals surface area contributed by atoms with Crippen LogP contribution in [0.25, 0.3) is 22.1 Å². The standard InChI is InChI=1S/C21H25N7O/c1-28-18-6-4-14(21(29)24-8-2-7-22)10-17(18)27-20(28)11-19-25-15-5-3-13(12-23)9-16(15)26-19/h3-6,9-10H,2,7-8,11-12,22-23H2,1H3,(H,24,29)(H,25,26). The van der Waals surface area contributed by atoms with Gasteiger partial charge in [-0.05, 0) is 48.9 Å². The van der Waals surface area contributed by atoms with E-state index in [0.717, 1.165) is 45.7 Å². The zero-order chi connectivity index (χ0) is 20.4. The fourth-order valence-corrected chi connectivity index (χ4v) is 3.43. The number of carbonyl (C=O) groups is 1. The van der Waals surface area contributed by atoms with Crippen molar-refractivity contribution >= 4 is 28.0 Å². The van der Waals surface area contributed by atoms with Crippen molar-refractivity contribution in [3.63, 3.8) is 0 Å². The lowest BCUT2D eigenvalue weighted by Gasteiger charge is -2.04. The summed E-state index contributed by atoms with van der Waals surface area (Å²) < 4.78 is 2.03. The molecular formula is C21H25N7O. The van der Waals surface area contributed by atoms with Crippen LogP contribution >= 0.6 is 0 Å². The lowest BCUT2D eigenvalue weighted by molar-refractivity contribution is 0.0953. The van der Waals surface area contributed by atoms with E-state index in [4.69, 9.17) is 16.5 Å². The Kier molecular flexibility index (Phi) is 5.28. The zero-order valence-electron chi connectivity index (χ0n) is 16.4. The van der Waals surface area contributed by atoms with E-state index in [9.17, 15) is 4.79 Å². The summed E-state index contributed by atoms with van der Waals surface area (Å²) in [5.74, 6) is 1.60. The average molecular weight is 391 g/mol. The minimum atomic E-state index is -0.111. The monoisotopic (exact) mass is 391 g/mol. The van der Waals surface area contributed by atoms with Gasteiger partial charge in [0.2, 0.25) is 0 Å². The molecule has 6 N–H and O–H groups in total. The molecule has 1 amide bonds. The third-order valence-corrected chi connectivity index (χ3v) is 5.06. The molecule has 0 fully saturated rings. The molecule has 0 aliphatic rings. The Labute approximate surface area is 168 Å². The molecule has 2 heterocycles. The number of nitrogens with two attached hydrogens (primary N) is 2. The average Bonchev–Trinajstić information content (AvgIpc) is 3.27. The second-order valence-electron chi connectivity index (χ2n) is 7.10. The van der Waals surface area contributed by atoms with E-state index < -0.39 is 0 Å². The molecule has 0 saturated carbocycles. The number of imidazole rings is 2. The summed E-state index contributed by atoms with van der Waals surface area (Å²) >= 11 is 0. The van der Waals surface area contributed by atoms with E-state index >= 15 is 0 Å². The molecule has 29 heavy (non-hydrogen) atoms. The van der Waals surface area contributed by atoms with Crippen LogP contribution in [-0.4, -0.2) is 38.5 Å². The molecule has 4 aromatic rings. The fraction of sp³-hybridized carbons (Fsp3) is 0.286. The molecule has 0 saturated heterocycles. The lowest BCUT2D eigenvalue weighted by Crippen LogP contribution is -2.25. The second-order valence-corrected chi connectivity index (χ2v) is 7.10. The summed E-state index contributed by atoms with van der Waals surface area (Å²) in [5, 5.41) is 2.87. The highest BCUT2D eigenvalue weighted by Gasteiger charge is 2.13. The summed E-state index contributed by atoms with van der Waals surface area (Å²) in [6, 6.07) is 11.6. The SMILES string of the molecule is Cn1c(Cc2nc3ccc(CN)cc3[nH]2)nc2cc(C(=O)NCCCN)ccc21. The first-order chi connectivity index (χ1) is 14.1. The Balaban J connectivity index is 1.59. The van der Waals surface area contributed by atoms with Gasteiger partial charge < -0.3 is 26.3 Å². The van der Waals surface area contributed by atoms with Gasteiger partial charge in [0.1, 0.15) is 11.6 Å². The first kappa shape index (κ1) is 19.1. The lowest BCUT2D eigenvalue weighted by atomic mass is 10.2. The Morgan fingerprint density at radius 3 is 2.79 bits per heavy atom. The maximum absolute atomic E-state index is 12.3. The smallest absolute Gasteiger partial charge is 0.251 e. The Morgan fingerprint density at radius 2 is 2.00 bits per heavy atom. The van der Waals surface area contributed by atoms with E-state index in [1.54, 1.807) is 0 Å². The molecule has 0 bridgehead atoms. The van der Waals surface area contributed by atoms with Crippen LogP contribution in [0.15, 0.2) is 36.4 Å². The molecule has 0 radical (unpaired) electrons. The number of rotatable bonds is 7. The summed E-state index contributed by atoms with van der Waals surface area (Å²) in [7, 11) is 1.97. The van der Waals surface area contributed by atoms with Gasteiger partial charge in [-0.15, -0.1) is 0 Å². The van der Waals surface area contributed by atoms with Crippen LogP contribution in [0.2, 0.25) is 0 Å². The van der Waals surface area contributed by atoms with Crippen molar-refractivity contribution in [2.75, 3.05) is 13.1 Å². The van der Waals surface area contributed by atoms with Gasteiger partial charge in [0.25, 0.3) is 5.91 Å². The number of nitrogens with one attached hydrogen (secondary N) is 2. The van der Waals surface area contributed by atoms with Crippen molar-refractivity contribution < 1.29 is 4.79 Å². The van der Waals surface area contributed by atoms with E-state index in [0.29, 0.717) is 31.6 Å². The third kappa shape index (κ3) is 3.85. The minimum absolute atomic E-state index is 0.111. The van der Waals surface area contributed by atoms with Crippen LogP contribution in [0.5, 0.6) is 0 Å². The molecule has 150 valence electrons. The van der Waals surface area contributed by atoms with Gasteiger partial charge in [0.15, 0.2) is 0 Å². The molecule has 8 heteroatoms. The van der Waals surface area contributed by atoms with Crippen molar-refractivity contribution in [3.05, 3.63) is 59.2 Å². The normalized spacial score (nSPS) is 11.4. The number of amides is 1. The van der Waals surface area contributed by atoms with Crippen LogP contribution in [0, 0.1) is 0 Å². The van der Waals surface area contributed by atoms with Crippen molar-refractivity contribution in [2.45, 2.75) is 19.4 Å². The first-order valence-electron chi connectivity index (χ1n) is 9.70. The van der Waals surface area contributed by atoms with Crippen LogP contribution in [-0.2, 0) is 20.0 Å². The number of aryl methyl sites for hydroxylation is 1. The van der Waals surface area contributed by atoms with Gasteiger partial charge in [-0.25, -0.2) is 9.97 Å². The van der Waals surface area contributed by atoms with Gasteiger partial charge in [-0.2, -0.15) is 0 Å². The summed E-state index contributed by atoms with van der Waals surface area (Å²) in [6.07, 6.45) is 1.32. The number of H-pyrrole nitrogens is 1. The molecule has 0 aliphatic heterocycles. The van der Waals surface area contributed by atoms with E-state index in [1.807, 2.05) is 48.0 Å². The number of hydrogen-bond donors (Lipinski definition) is 4. The summed E-state index contributed by atoms with van der Waals surface area (Å²) in [6.45, 7) is 1.62. The molecule has 0 spiro atoms. The summed E-state index contributed by atoms with van der Waals surface area (Å²) in [4.78, 5) is 25.0. The maximum atomic E-state index is 12.3. The van der Waals surface area contributed by atoms with Crippen LogP contribution in [0.4, 0.5) is 0 Å². The highest BCUT2D eigenvalue weighted by atomic mass is 16.1. The Hall–Kier alpha value is -3.23. The largest absolute Gasteiger partial charge is 0.352 e. The first-order valence-corrected chi connectivity index (χ1v) is 9.70. The number of nitrogens with zero attached hydrogens (tertiary/aromatic N) is 3. The van der Waals surface area contributed by atoms with Crippen LogP contribution < -0.4 is 16.8 Å². The Morgan fingerprint density at radius 1 is 1.14 bits per heavy atom. The number of fused-ring (bicyclic) bond motifs is 2. The quantitative estimate of drug-likeness (QED) is 0.356. The zero-order valence-corrected chi connectivity index (χ0v) is 16.4. The van der Waals surface area contributed by atoms with Crippen LogP contribution in [0.1, 0.15) is 34.0 Å². The van der Waals surface area contributed by atoms with E-state index in [2.05, 4.69) is 15.3 Å². The maximum Gasteiger partial charge on any atom is 0.251 e. The predicted molar refractivity (Wildman–Crippen MR) is 114 cm³/mol. The molecule has 0 aliphatic carbocycles. The van der Waals surface area contributed by atoms with E-state index in [-0.39, 0.29) is 5.91 Å². The van der Waals surface area contributed by atoms with Crippen molar-refractivity contribution in [1.29, 1.82) is 0 Å². The molecule has 2 aromatic carbocycles. The van der Waals surface area contributed by atoms with Gasteiger partial charge in [0, 0.05) is 25.7 Å². The second kappa shape index (κ2) is 8.02. The molecule has 4 rings (SSSR count). The summed E-state index contributed by atoms with van der Waals surface area (Å²) in [5.41, 5.74) is 16.5. The molecule has 0 atom stereocenters. The third-order valence-electron chi connectivity index (χ3n) is 5.06. The highest BCUT2D eigenvalue weighted by molar-refractivity contribution is 5.97. The number of aromatic nitrogens is 4. The van der Waals surface area contributed by atoms with Crippen molar-refractivity contribution in [3.8, 4) is 0 Å². The molecular weight excluding hydrogens is 366 g/mol. The Bertz CT molecular complexity index is 1170. The van der Waals surface area contributed by atoms with Crippen molar-refractivity contribution in [1.82, 2.24) is 24.8 Å². The number of aromatic amines is 1. The number of benzene rings is 2. The predicted octanol–water partition coefficient (Wildman–Crippen LogP) is 1.58. The fourth-order valence-electron chi connectivity index (χ4n) is 3.43. The van der Waals surface area contributed by atoms with Gasteiger partial charge >= 0.3 is 0 Å². The highest BCUT2D eigenvalue weighted by Crippen LogP contribution is 2.20. The molecule has 8 nitrogen and oxygen atoms in total. The number of carbonyl (C=O) groups excluding carboxylic acids is 1. The molecule has 0 unspecified atom stereocenters. The topological polar surface area (TPSA) is 128 Å².